The van der Waals surface area contributed by atoms with Crippen LogP contribution in [0.2, 0.25) is 5.02 Å². The summed E-state index contributed by atoms with van der Waals surface area (Å²) in [7, 11) is 0. The number of hydrogen-bond donors (Lipinski definition) is 2. The number of rotatable bonds is 3. The van der Waals surface area contributed by atoms with Crippen LogP contribution in [0.5, 0.6) is 5.75 Å². The van der Waals surface area contributed by atoms with Gasteiger partial charge in [0.25, 0.3) is 11.5 Å². The molecule has 150 valence electrons. The molecule has 2 aromatic carbocycles. The van der Waals surface area contributed by atoms with E-state index in [-0.39, 0.29) is 10.7 Å². The Morgan fingerprint density at radius 1 is 1.14 bits per heavy atom. The van der Waals surface area contributed by atoms with Crippen molar-refractivity contribution in [3.63, 3.8) is 0 Å². The fourth-order valence-electron chi connectivity index (χ4n) is 2.35. The van der Waals surface area contributed by atoms with E-state index in [1.165, 1.54) is 0 Å². The minimum Gasteiger partial charge on any atom is -0.505 e. The Morgan fingerprint density at radius 2 is 1.79 bits per heavy atom. The van der Waals surface area contributed by atoms with E-state index in [1.54, 1.807) is 24.3 Å². The lowest BCUT2D eigenvalue weighted by molar-refractivity contribution is -0.137. The second kappa shape index (κ2) is 7.88. The number of aromatic nitrogens is 2. The van der Waals surface area contributed by atoms with Crippen LogP contribution in [-0.4, -0.2) is 20.8 Å². The number of benzene rings is 2. The average molecular weight is 489 g/mol. The monoisotopic (exact) mass is 487 g/mol. The molecule has 0 saturated carbocycles. The van der Waals surface area contributed by atoms with Crippen molar-refractivity contribution in [2.24, 2.45) is 0 Å². The van der Waals surface area contributed by atoms with Crippen molar-refractivity contribution in [1.29, 1.82) is 0 Å². The lowest BCUT2D eigenvalue weighted by atomic mass is 10.2. The van der Waals surface area contributed by atoms with Gasteiger partial charge in [-0.3, -0.25) is 9.59 Å². The number of carbonyl (C=O) groups is 1. The Balaban J connectivity index is 1.99. The first-order valence-electron chi connectivity index (χ1n) is 7.83. The van der Waals surface area contributed by atoms with E-state index >= 15 is 0 Å². The molecule has 29 heavy (non-hydrogen) atoms. The van der Waals surface area contributed by atoms with Crippen LogP contribution in [0, 0.1) is 0 Å². The molecule has 0 fully saturated rings. The third-order valence-electron chi connectivity index (χ3n) is 3.74. The number of alkyl halides is 3. The van der Waals surface area contributed by atoms with E-state index in [2.05, 4.69) is 26.3 Å². The summed E-state index contributed by atoms with van der Waals surface area (Å²) >= 11 is 9.11. The van der Waals surface area contributed by atoms with Crippen LogP contribution in [0.1, 0.15) is 16.1 Å². The van der Waals surface area contributed by atoms with Crippen LogP contribution < -0.4 is 10.9 Å². The number of halogens is 5. The number of aromatic hydroxyl groups is 1. The molecule has 0 saturated heterocycles. The fraction of sp³-hybridized carbons (Fsp3) is 0.0556. The van der Waals surface area contributed by atoms with Gasteiger partial charge in [0.1, 0.15) is 0 Å². The highest BCUT2D eigenvalue weighted by Crippen LogP contribution is 2.34. The van der Waals surface area contributed by atoms with Gasteiger partial charge in [0.05, 0.1) is 22.0 Å². The van der Waals surface area contributed by atoms with Gasteiger partial charge in [0.2, 0.25) is 0 Å². The molecule has 0 atom stereocenters. The first kappa shape index (κ1) is 20.9. The molecule has 1 aromatic heterocycles. The molecule has 0 spiro atoms. The minimum absolute atomic E-state index is 0.146. The molecule has 0 aliphatic carbocycles. The summed E-state index contributed by atoms with van der Waals surface area (Å²) in [5.74, 6) is -1.78. The maximum atomic E-state index is 12.9. The largest absolute Gasteiger partial charge is 0.505 e. The third-order valence-corrected chi connectivity index (χ3v) is 4.60. The number of hydrogen-bond acceptors (Lipinski definition) is 4. The van der Waals surface area contributed by atoms with Crippen molar-refractivity contribution in [3.05, 3.63) is 79.6 Å². The highest BCUT2D eigenvalue weighted by atomic mass is 79.9. The Hall–Kier alpha value is -2.85. The smallest absolute Gasteiger partial charge is 0.416 e. The highest BCUT2D eigenvalue weighted by Gasteiger charge is 2.31. The van der Waals surface area contributed by atoms with Crippen molar-refractivity contribution in [1.82, 2.24) is 9.78 Å². The molecule has 0 aliphatic rings. The van der Waals surface area contributed by atoms with Crippen LogP contribution >= 0.6 is 27.5 Å². The molecule has 1 heterocycles. The Kier molecular flexibility index (Phi) is 5.67. The van der Waals surface area contributed by atoms with Crippen molar-refractivity contribution in [3.8, 4) is 11.4 Å². The SMILES string of the molecule is O=C(Nc1cc(C(F)(F)F)ccc1Cl)c1nn(-c2ccc(Br)cc2)c(=O)cc1O. The second-order valence-electron chi connectivity index (χ2n) is 5.75. The number of nitrogens with one attached hydrogen (secondary N) is 1. The summed E-state index contributed by atoms with van der Waals surface area (Å²) in [6.45, 7) is 0. The minimum atomic E-state index is -4.64. The van der Waals surface area contributed by atoms with Gasteiger partial charge in [-0.25, -0.2) is 0 Å². The maximum Gasteiger partial charge on any atom is 0.416 e. The van der Waals surface area contributed by atoms with Crippen molar-refractivity contribution in [2.45, 2.75) is 6.18 Å². The first-order chi connectivity index (χ1) is 13.6. The number of carbonyl (C=O) groups excluding carboxylic acids is 1. The topological polar surface area (TPSA) is 84.2 Å². The normalized spacial score (nSPS) is 11.3. The summed E-state index contributed by atoms with van der Waals surface area (Å²) in [6, 6.07) is 9.54. The molecule has 0 bridgehead atoms. The van der Waals surface area contributed by atoms with E-state index in [9.17, 15) is 27.9 Å². The maximum absolute atomic E-state index is 12.9. The van der Waals surface area contributed by atoms with E-state index in [0.717, 1.165) is 27.4 Å². The van der Waals surface area contributed by atoms with Crippen molar-refractivity contribution >= 4 is 39.1 Å². The van der Waals surface area contributed by atoms with E-state index in [1.807, 2.05) is 0 Å². The lowest BCUT2D eigenvalue weighted by Gasteiger charge is -2.12. The van der Waals surface area contributed by atoms with Gasteiger partial charge in [-0.05, 0) is 42.5 Å². The van der Waals surface area contributed by atoms with Gasteiger partial charge in [0.15, 0.2) is 11.4 Å². The van der Waals surface area contributed by atoms with E-state index in [4.69, 9.17) is 11.6 Å². The van der Waals surface area contributed by atoms with Gasteiger partial charge in [0, 0.05) is 10.5 Å². The van der Waals surface area contributed by atoms with Crippen molar-refractivity contribution in [2.75, 3.05) is 5.32 Å². The molecular formula is C18H10BrClF3N3O3. The van der Waals surface area contributed by atoms with E-state index in [0.29, 0.717) is 11.8 Å². The first-order valence-corrected chi connectivity index (χ1v) is 9.01. The van der Waals surface area contributed by atoms with Crippen LogP contribution in [0.15, 0.2) is 57.8 Å². The predicted octanol–water partition coefficient (Wildman–Crippen LogP) is 4.63. The number of anilines is 1. The molecule has 1 amide bonds. The number of amides is 1. The summed E-state index contributed by atoms with van der Waals surface area (Å²) in [4.78, 5) is 24.6. The average Bonchev–Trinajstić information content (AvgIpc) is 2.63. The summed E-state index contributed by atoms with van der Waals surface area (Å²) in [5, 5.41) is 15.8. The molecule has 0 radical (unpaired) electrons. The number of nitrogens with zero attached hydrogens (tertiary/aromatic N) is 2. The van der Waals surface area contributed by atoms with Gasteiger partial charge in [-0.1, -0.05) is 27.5 Å². The second-order valence-corrected chi connectivity index (χ2v) is 7.07. The summed E-state index contributed by atoms with van der Waals surface area (Å²) in [5.41, 5.74) is -2.31. The van der Waals surface area contributed by atoms with Crippen molar-refractivity contribution < 1.29 is 23.1 Å². The van der Waals surface area contributed by atoms with Crippen LogP contribution in [-0.2, 0) is 6.18 Å². The zero-order chi connectivity index (χ0) is 21.3. The third kappa shape index (κ3) is 4.60. The van der Waals surface area contributed by atoms with E-state index < -0.39 is 34.6 Å². The molecule has 3 rings (SSSR count). The highest BCUT2D eigenvalue weighted by molar-refractivity contribution is 9.10. The predicted molar refractivity (Wildman–Crippen MR) is 104 cm³/mol. The van der Waals surface area contributed by atoms with Crippen LogP contribution in [0.25, 0.3) is 5.69 Å². The zero-order valence-electron chi connectivity index (χ0n) is 14.2. The van der Waals surface area contributed by atoms with Gasteiger partial charge < -0.3 is 10.4 Å². The van der Waals surface area contributed by atoms with Crippen LogP contribution in [0.3, 0.4) is 0 Å². The molecule has 11 heteroatoms. The zero-order valence-corrected chi connectivity index (χ0v) is 16.5. The van der Waals surface area contributed by atoms with Gasteiger partial charge in [-0.2, -0.15) is 23.0 Å². The molecule has 3 aromatic rings. The fourth-order valence-corrected chi connectivity index (χ4v) is 2.78. The van der Waals surface area contributed by atoms with Crippen LogP contribution in [0.4, 0.5) is 18.9 Å². The molecule has 6 nitrogen and oxygen atoms in total. The summed E-state index contributed by atoms with van der Waals surface area (Å²) < 4.78 is 40.3. The Labute approximate surface area is 174 Å². The standard InChI is InChI=1S/C18H10BrClF3N3O3/c19-10-2-4-11(5-3-10)26-15(28)8-14(27)16(25-26)17(29)24-13-7-9(18(21,22)23)1-6-12(13)20/h1-8,27H,(H,24,29). The molecular weight excluding hydrogens is 479 g/mol. The molecule has 0 aliphatic heterocycles. The molecule has 2 N–H and O–H groups in total. The Bertz CT molecular complexity index is 1150. The Morgan fingerprint density at radius 3 is 2.41 bits per heavy atom. The summed E-state index contributed by atoms with van der Waals surface area (Å²) in [6.07, 6.45) is -4.64. The van der Waals surface area contributed by atoms with Gasteiger partial charge in [-0.15, -0.1) is 0 Å². The quantitative estimate of drug-likeness (QED) is 0.563. The lowest BCUT2D eigenvalue weighted by Crippen LogP contribution is -2.25. The van der Waals surface area contributed by atoms with Gasteiger partial charge >= 0.3 is 6.18 Å². The molecule has 0 unspecified atom stereocenters.